The molecule has 4 rings (SSSR count). The summed E-state index contributed by atoms with van der Waals surface area (Å²) < 4.78 is 42.6. The summed E-state index contributed by atoms with van der Waals surface area (Å²) in [6.07, 6.45) is -1.27. The minimum absolute atomic E-state index is 0.0872. The van der Waals surface area contributed by atoms with Gasteiger partial charge in [0.25, 0.3) is 0 Å². The number of hydrogen-bond donors (Lipinski definition) is 0. The lowest BCUT2D eigenvalue weighted by atomic mass is 10.1. The molecule has 0 fully saturated rings. The van der Waals surface area contributed by atoms with Crippen molar-refractivity contribution in [1.29, 1.82) is 0 Å². The first-order chi connectivity index (χ1) is 14.3. The Labute approximate surface area is 174 Å². The van der Waals surface area contributed by atoms with E-state index in [9.17, 15) is 13.2 Å². The van der Waals surface area contributed by atoms with Crippen LogP contribution in [0.2, 0.25) is 0 Å². The number of benzene rings is 3. The highest BCUT2D eigenvalue weighted by Crippen LogP contribution is 2.37. The Morgan fingerprint density at radius 2 is 1.30 bits per heavy atom. The summed E-state index contributed by atoms with van der Waals surface area (Å²) in [4.78, 5) is 4.54. The fourth-order valence-electron chi connectivity index (χ4n) is 3.34. The van der Waals surface area contributed by atoms with Crippen LogP contribution in [-0.4, -0.2) is 9.55 Å². The van der Waals surface area contributed by atoms with Gasteiger partial charge in [-0.1, -0.05) is 71.8 Å². The highest BCUT2D eigenvalue weighted by Gasteiger charge is 2.34. The molecule has 0 spiro atoms. The molecule has 0 saturated carbocycles. The van der Waals surface area contributed by atoms with Crippen molar-refractivity contribution in [2.45, 2.75) is 20.0 Å². The number of para-hydroxylation sites is 1. The SMILES string of the molecule is Cc1ccc(P(c2ccc(C)cc2)c2nccn2-c2ccccc2C(F)(F)F)cc1. The van der Waals surface area contributed by atoms with Crippen molar-refractivity contribution in [3.05, 3.63) is 102 Å². The van der Waals surface area contributed by atoms with Crippen LogP contribution in [0.15, 0.2) is 85.2 Å². The number of imidazole rings is 1. The minimum atomic E-state index is -4.45. The summed E-state index contributed by atoms with van der Waals surface area (Å²) in [6.45, 7) is 4.02. The number of aryl methyl sites for hydroxylation is 2. The molecule has 30 heavy (non-hydrogen) atoms. The molecule has 0 aliphatic heterocycles. The predicted octanol–water partition coefficient (Wildman–Crippen LogP) is 5.27. The highest BCUT2D eigenvalue weighted by atomic mass is 31.1. The molecule has 0 saturated heterocycles. The van der Waals surface area contributed by atoms with Gasteiger partial charge in [0.2, 0.25) is 0 Å². The van der Waals surface area contributed by atoms with E-state index in [0.29, 0.717) is 5.57 Å². The van der Waals surface area contributed by atoms with Crippen LogP contribution in [0.3, 0.4) is 0 Å². The Kier molecular flexibility index (Phi) is 5.48. The number of hydrogen-bond acceptors (Lipinski definition) is 1. The minimum Gasteiger partial charge on any atom is -0.299 e. The molecule has 0 amide bonds. The lowest BCUT2D eigenvalue weighted by Gasteiger charge is -2.22. The zero-order valence-corrected chi connectivity index (χ0v) is 17.5. The monoisotopic (exact) mass is 424 g/mol. The molecular weight excluding hydrogens is 404 g/mol. The smallest absolute Gasteiger partial charge is 0.299 e. The summed E-state index contributed by atoms with van der Waals surface area (Å²) in [5, 5.41) is 2.08. The largest absolute Gasteiger partial charge is 0.418 e. The lowest BCUT2D eigenvalue weighted by molar-refractivity contribution is -0.137. The molecule has 0 unspecified atom stereocenters. The lowest BCUT2D eigenvalue weighted by Crippen LogP contribution is -2.28. The van der Waals surface area contributed by atoms with E-state index in [2.05, 4.69) is 4.98 Å². The molecule has 4 aromatic rings. The van der Waals surface area contributed by atoms with E-state index in [4.69, 9.17) is 0 Å². The number of halogens is 3. The van der Waals surface area contributed by atoms with Crippen LogP contribution < -0.4 is 16.2 Å². The standard InChI is InChI=1S/C24H20F3N2P/c1-17-7-11-19(12-8-17)30(20-13-9-18(2)10-14-20)23-28-15-16-29(23)22-6-4-3-5-21(22)24(25,26)27/h3-16H,1-2H3. The van der Waals surface area contributed by atoms with Gasteiger partial charge in [0.15, 0.2) is 0 Å². The zero-order valence-electron chi connectivity index (χ0n) is 16.6. The van der Waals surface area contributed by atoms with Crippen molar-refractivity contribution in [2.75, 3.05) is 0 Å². The van der Waals surface area contributed by atoms with Crippen LogP contribution in [0.5, 0.6) is 0 Å². The summed E-state index contributed by atoms with van der Waals surface area (Å²) in [5.74, 6) is 0. The van der Waals surface area contributed by atoms with Crippen LogP contribution in [0.4, 0.5) is 13.2 Å². The van der Waals surface area contributed by atoms with Gasteiger partial charge in [0.05, 0.1) is 11.3 Å². The van der Waals surface area contributed by atoms with E-state index in [1.807, 2.05) is 62.4 Å². The fraction of sp³-hybridized carbons (Fsp3) is 0.125. The summed E-state index contributed by atoms with van der Waals surface area (Å²) in [6, 6.07) is 21.9. The molecule has 0 aliphatic rings. The summed E-state index contributed by atoms with van der Waals surface area (Å²) in [5.41, 5.74) is 2.28. The Morgan fingerprint density at radius 3 is 1.83 bits per heavy atom. The van der Waals surface area contributed by atoms with Crippen molar-refractivity contribution in [1.82, 2.24) is 9.55 Å². The molecule has 152 valence electrons. The molecule has 0 atom stereocenters. The average molecular weight is 424 g/mol. The normalized spacial score (nSPS) is 11.8. The first-order valence-corrected chi connectivity index (χ1v) is 10.8. The van der Waals surface area contributed by atoms with Crippen molar-refractivity contribution in [2.24, 2.45) is 0 Å². The van der Waals surface area contributed by atoms with Crippen molar-refractivity contribution >= 4 is 24.1 Å². The number of rotatable bonds is 4. The van der Waals surface area contributed by atoms with Gasteiger partial charge in [-0.05, 0) is 36.6 Å². The van der Waals surface area contributed by atoms with Crippen LogP contribution >= 0.6 is 7.92 Å². The first kappa shape index (κ1) is 20.4. The number of aromatic nitrogens is 2. The Morgan fingerprint density at radius 1 is 0.767 bits per heavy atom. The van der Waals surface area contributed by atoms with Gasteiger partial charge in [-0.25, -0.2) is 4.98 Å². The van der Waals surface area contributed by atoms with Crippen LogP contribution in [0.1, 0.15) is 16.7 Å². The Balaban J connectivity index is 1.92. The molecule has 3 aromatic carbocycles. The van der Waals surface area contributed by atoms with Gasteiger partial charge in [0.1, 0.15) is 5.57 Å². The number of alkyl halides is 3. The Hall–Kier alpha value is -2.91. The van der Waals surface area contributed by atoms with E-state index < -0.39 is 19.7 Å². The van der Waals surface area contributed by atoms with Crippen molar-refractivity contribution in [3.63, 3.8) is 0 Å². The second-order valence-corrected chi connectivity index (χ2v) is 9.22. The summed E-state index contributed by atoms with van der Waals surface area (Å²) >= 11 is 0. The molecular formula is C24H20F3N2P. The van der Waals surface area contributed by atoms with E-state index >= 15 is 0 Å². The highest BCUT2D eigenvalue weighted by molar-refractivity contribution is 7.79. The fourth-order valence-corrected chi connectivity index (χ4v) is 5.57. The third-order valence-electron chi connectivity index (χ3n) is 4.87. The van der Waals surface area contributed by atoms with Crippen molar-refractivity contribution < 1.29 is 13.2 Å². The van der Waals surface area contributed by atoms with Crippen molar-refractivity contribution in [3.8, 4) is 5.69 Å². The zero-order chi connectivity index (χ0) is 21.3. The maximum absolute atomic E-state index is 13.7. The maximum Gasteiger partial charge on any atom is 0.418 e. The molecule has 6 heteroatoms. The molecule has 2 nitrogen and oxygen atoms in total. The van der Waals surface area contributed by atoms with E-state index in [0.717, 1.165) is 27.8 Å². The third kappa shape index (κ3) is 4.03. The van der Waals surface area contributed by atoms with E-state index in [1.165, 1.54) is 12.1 Å². The van der Waals surface area contributed by atoms with Gasteiger partial charge in [-0.2, -0.15) is 13.2 Å². The Bertz CT molecular complexity index is 1100. The quantitative estimate of drug-likeness (QED) is 0.409. The molecule has 1 aromatic heterocycles. The number of nitrogens with zero attached hydrogens (tertiary/aromatic N) is 2. The summed E-state index contributed by atoms with van der Waals surface area (Å²) in [7, 11) is -1.14. The van der Waals surface area contributed by atoms with Gasteiger partial charge in [0, 0.05) is 20.3 Å². The van der Waals surface area contributed by atoms with Gasteiger partial charge >= 0.3 is 6.18 Å². The first-order valence-electron chi connectivity index (χ1n) is 9.48. The second-order valence-electron chi connectivity index (χ2n) is 7.12. The topological polar surface area (TPSA) is 17.8 Å². The molecule has 0 aliphatic carbocycles. The maximum atomic E-state index is 13.7. The van der Waals surface area contributed by atoms with Crippen LogP contribution in [0.25, 0.3) is 5.69 Å². The van der Waals surface area contributed by atoms with E-state index in [1.54, 1.807) is 23.0 Å². The van der Waals surface area contributed by atoms with Crippen LogP contribution in [0, 0.1) is 13.8 Å². The second kappa shape index (κ2) is 8.08. The van der Waals surface area contributed by atoms with Gasteiger partial charge in [-0.3, -0.25) is 4.57 Å². The predicted molar refractivity (Wildman–Crippen MR) is 117 cm³/mol. The molecule has 0 radical (unpaired) electrons. The average Bonchev–Trinajstić information content (AvgIpc) is 3.19. The molecule has 0 N–H and O–H groups in total. The van der Waals surface area contributed by atoms with E-state index in [-0.39, 0.29) is 5.69 Å². The van der Waals surface area contributed by atoms with Crippen LogP contribution in [-0.2, 0) is 6.18 Å². The molecule has 0 bridgehead atoms. The van der Waals surface area contributed by atoms with Gasteiger partial charge < -0.3 is 0 Å². The third-order valence-corrected chi connectivity index (χ3v) is 7.23. The van der Waals surface area contributed by atoms with Gasteiger partial charge in [-0.15, -0.1) is 0 Å². The molecule has 1 heterocycles.